The van der Waals surface area contributed by atoms with E-state index in [1.54, 1.807) is 19.1 Å². The van der Waals surface area contributed by atoms with E-state index in [9.17, 15) is 4.39 Å². The first-order valence-corrected chi connectivity index (χ1v) is 6.87. The number of rotatable bonds is 3. The number of hydrogen-bond acceptors (Lipinski definition) is 2. The van der Waals surface area contributed by atoms with Crippen molar-refractivity contribution < 1.29 is 4.39 Å². The molecule has 1 atom stereocenters. The minimum Gasteiger partial charge on any atom is -0.271 e. The molecule has 3 N–H and O–H groups in total. The lowest BCUT2D eigenvalue weighted by molar-refractivity contribution is 0.599. The minimum absolute atomic E-state index is 0.249. The monoisotopic (exact) mass is 342 g/mol. The van der Waals surface area contributed by atoms with Crippen LogP contribution in [0.4, 0.5) is 4.39 Å². The predicted molar refractivity (Wildman–Crippen MR) is 79.5 cm³/mol. The third-order valence-electron chi connectivity index (χ3n) is 2.97. The number of hydrogen-bond donors (Lipinski definition) is 2. The Labute approximate surface area is 124 Å². The van der Waals surface area contributed by atoms with Crippen LogP contribution >= 0.6 is 27.5 Å². The van der Waals surface area contributed by atoms with Crippen LogP contribution in [0.1, 0.15) is 22.7 Å². The van der Waals surface area contributed by atoms with Crippen LogP contribution in [0.5, 0.6) is 0 Å². The van der Waals surface area contributed by atoms with Gasteiger partial charge >= 0.3 is 0 Å². The van der Waals surface area contributed by atoms with E-state index in [0.717, 1.165) is 15.6 Å². The van der Waals surface area contributed by atoms with Crippen LogP contribution < -0.4 is 11.3 Å². The quantitative estimate of drug-likeness (QED) is 0.650. The molecule has 0 bridgehead atoms. The van der Waals surface area contributed by atoms with E-state index >= 15 is 0 Å². The van der Waals surface area contributed by atoms with Crippen LogP contribution in [0.3, 0.4) is 0 Å². The summed E-state index contributed by atoms with van der Waals surface area (Å²) < 4.78 is 14.4. The van der Waals surface area contributed by atoms with Crippen molar-refractivity contribution in [2.75, 3.05) is 0 Å². The molecule has 0 radical (unpaired) electrons. The average Bonchev–Trinajstić information content (AvgIpc) is 2.39. The maximum absolute atomic E-state index is 13.6. The molecule has 19 heavy (non-hydrogen) atoms. The van der Waals surface area contributed by atoms with Gasteiger partial charge in [-0.3, -0.25) is 5.84 Å². The zero-order chi connectivity index (χ0) is 14.0. The lowest BCUT2D eigenvalue weighted by Crippen LogP contribution is -2.29. The maximum Gasteiger partial charge on any atom is 0.126 e. The Hall–Kier alpha value is -0.940. The number of aryl methyl sites for hydroxylation is 1. The molecule has 100 valence electrons. The number of nitrogens with one attached hydrogen (secondary N) is 1. The smallest absolute Gasteiger partial charge is 0.126 e. The summed E-state index contributed by atoms with van der Waals surface area (Å²) in [4.78, 5) is 0. The first-order valence-electron chi connectivity index (χ1n) is 5.70. The van der Waals surface area contributed by atoms with Gasteiger partial charge in [-0.15, -0.1) is 0 Å². The Bertz CT molecular complexity index is 552. The molecule has 0 aromatic heterocycles. The molecule has 0 spiro atoms. The second-order valence-corrected chi connectivity index (χ2v) is 5.54. The standard InChI is InChI=1S/C14H13BrClFN2/c1-8-2-3-10(7-13(8)17)14(19-18)9-4-5-11(15)12(16)6-9/h2-7,14,19H,18H2,1H3. The normalized spacial score (nSPS) is 12.5. The lowest BCUT2D eigenvalue weighted by Gasteiger charge is -2.18. The summed E-state index contributed by atoms with van der Waals surface area (Å²) in [5.41, 5.74) is 4.92. The summed E-state index contributed by atoms with van der Waals surface area (Å²) in [7, 11) is 0. The van der Waals surface area contributed by atoms with Crippen LogP contribution in [-0.4, -0.2) is 0 Å². The van der Waals surface area contributed by atoms with Crippen molar-refractivity contribution in [2.45, 2.75) is 13.0 Å². The van der Waals surface area contributed by atoms with Gasteiger partial charge in [-0.2, -0.15) is 0 Å². The van der Waals surface area contributed by atoms with E-state index in [-0.39, 0.29) is 11.9 Å². The van der Waals surface area contributed by atoms with Gasteiger partial charge in [0, 0.05) is 4.47 Å². The second-order valence-electron chi connectivity index (χ2n) is 4.28. The molecule has 2 rings (SSSR count). The Balaban J connectivity index is 2.43. The van der Waals surface area contributed by atoms with E-state index in [0.29, 0.717) is 10.6 Å². The summed E-state index contributed by atoms with van der Waals surface area (Å²) in [6, 6.07) is 10.3. The molecule has 0 saturated carbocycles. The first-order chi connectivity index (χ1) is 9.02. The highest BCUT2D eigenvalue weighted by molar-refractivity contribution is 9.10. The zero-order valence-electron chi connectivity index (χ0n) is 10.3. The van der Waals surface area contributed by atoms with Gasteiger partial charge in [0.25, 0.3) is 0 Å². The molecule has 0 aliphatic rings. The Morgan fingerprint density at radius 3 is 2.42 bits per heavy atom. The Morgan fingerprint density at radius 2 is 1.84 bits per heavy atom. The highest BCUT2D eigenvalue weighted by Gasteiger charge is 2.14. The van der Waals surface area contributed by atoms with Gasteiger partial charge in [0.1, 0.15) is 5.82 Å². The summed E-state index contributed by atoms with van der Waals surface area (Å²) in [6.07, 6.45) is 0. The molecule has 2 aromatic carbocycles. The maximum atomic E-state index is 13.6. The number of hydrazine groups is 1. The predicted octanol–water partition coefficient (Wildman–Crippen LogP) is 4.10. The topological polar surface area (TPSA) is 38.0 Å². The third-order valence-corrected chi connectivity index (χ3v) is 4.21. The fourth-order valence-electron chi connectivity index (χ4n) is 1.87. The molecule has 0 fully saturated rings. The van der Waals surface area contributed by atoms with Gasteiger partial charge in [0.05, 0.1) is 11.1 Å². The molecule has 0 aliphatic heterocycles. The van der Waals surface area contributed by atoms with Crippen LogP contribution in [0.25, 0.3) is 0 Å². The van der Waals surface area contributed by atoms with Crippen LogP contribution in [0.15, 0.2) is 40.9 Å². The van der Waals surface area contributed by atoms with Crippen LogP contribution in [0, 0.1) is 12.7 Å². The van der Waals surface area contributed by atoms with Gasteiger partial charge in [-0.25, -0.2) is 9.82 Å². The second kappa shape index (κ2) is 6.01. The minimum atomic E-state index is -0.305. The molecule has 2 nitrogen and oxygen atoms in total. The summed E-state index contributed by atoms with van der Waals surface area (Å²) in [6.45, 7) is 1.72. The van der Waals surface area contributed by atoms with Crippen LogP contribution in [0.2, 0.25) is 5.02 Å². The van der Waals surface area contributed by atoms with Crippen molar-refractivity contribution in [3.63, 3.8) is 0 Å². The van der Waals surface area contributed by atoms with Crippen molar-refractivity contribution in [3.05, 3.63) is 68.4 Å². The van der Waals surface area contributed by atoms with Gasteiger partial charge in [-0.1, -0.05) is 29.8 Å². The Morgan fingerprint density at radius 1 is 1.21 bits per heavy atom. The first kappa shape index (κ1) is 14.5. The molecule has 1 unspecified atom stereocenters. The number of nitrogens with two attached hydrogens (primary N) is 1. The fourth-order valence-corrected chi connectivity index (χ4v) is 2.30. The van der Waals surface area contributed by atoms with Crippen molar-refractivity contribution >= 4 is 27.5 Å². The molecular formula is C14H13BrClFN2. The number of halogens is 3. The van der Waals surface area contributed by atoms with Gasteiger partial charge in [0.2, 0.25) is 0 Å². The summed E-state index contributed by atoms with van der Waals surface area (Å²) in [5, 5.41) is 0.588. The van der Waals surface area contributed by atoms with Gasteiger partial charge < -0.3 is 0 Å². The lowest BCUT2D eigenvalue weighted by atomic mass is 9.98. The van der Waals surface area contributed by atoms with E-state index in [1.165, 1.54) is 6.07 Å². The SMILES string of the molecule is Cc1ccc(C(NN)c2ccc(Br)c(Cl)c2)cc1F. The van der Waals surface area contributed by atoms with Crippen molar-refractivity contribution in [3.8, 4) is 0 Å². The van der Waals surface area contributed by atoms with E-state index in [1.807, 2.05) is 18.2 Å². The third kappa shape index (κ3) is 3.15. The molecule has 0 amide bonds. The molecular weight excluding hydrogens is 331 g/mol. The van der Waals surface area contributed by atoms with Crippen molar-refractivity contribution in [1.82, 2.24) is 5.43 Å². The fraction of sp³-hybridized carbons (Fsp3) is 0.143. The van der Waals surface area contributed by atoms with E-state index in [4.69, 9.17) is 17.4 Å². The summed E-state index contributed by atoms with van der Waals surface area (Å²) in [5.74, 6) is 5.34. The Kier molecular flexibility index (Phi) is 4.58. The highest BCUT2D eigenvalue weighted by Crippen LogP contribution is 2.29. The molecule has 5 heteroatoms. The van der Waals surface area contributed by atoms with Crippen molar-refractivity contribution in [2.24, 2.45) is 5.84 Å². The van der Waals surface area contributed by atoms with Gasteiger partial charge in [-0.05, 0) is 57.7 Å². The zero-order valence-corrected chi connectivity index (χ0v) is 12.6. The largest absolute Gasteiger partial charge is 0.271 e. The molecule has 0 heterocycles. The average molecular weight is 344 g/mol. The van der Waals surface area contributed by atoms with E-state index in [2.05, 4.69) is 21.4 Å². The van der Waals surface area contributed by atoms with Gasteiger partial charge in [0.15, 0.2) is 0 Å². The highest BCUT2D eigenvalue weighted by atomic mass is 79.9. The molecule has 0 saturated heterocycles. The molecule has 2 aromatic rings. The summed E-state index contributed by atoms with van der Waals surface area (Å²) >= 11 is 9.40. The van der Waals surface area contributed by atoms with Crippen LogP contribution in [-0.2, 0) is 0 Å². The van der Waals surface area contributed by atoms with E-state index < -0.39 is 0 Å². The number of benzene rings is 2. The molecule has 0 aliphatic carbocycles. The van der Waals surface area contributed by atoms with Crippen molar-refractivity contribution in [1.29, 1.82) is 0 Å².